The van der Waals surface area contributed by atoms with E-state index in [4.69, 9.17) is 5.26 Å². The van der Waals surface area contributed by atoms with Crippen LogP contribution in [-0.4, -0.2) is 21.7 Å². The monoisotopic (exact) mass is 268 g/mol. The lowest BCUT2D eigenvalue weighted by Gasteiger charge is -2.29. The van der Waals surface area contributed by atoms with Crippen molar-refractivity contribution in [3.63, 3.8) is 0 Å². The van der Waals surface area contributed by atoms with Gasteiger partial charge < -0.3 is 10.4 Å². The van der Waals surface area contributed by atoms with Crippen LogP contribution >= 0.6 is 0 Å². The highest BCUT2D eigenvalue weighted by Gasteiger charge is 2.26. The van der Waals surface area contributed by atoms with Gasteiger partial charge in [-0.3, -0.25) is 0 Å². The molecule has 0 aliphatic rings. The summed E-state index contributed by atoms with van der Waals surface area (Å²) in [6.07, 6.45) is 0. The van der Waals surface area contributed by atoms with Gasteiger partial charge in [0.1, 0.15) is 11.8 Å². The molecule has 0 fully saturated rings. The molecular weight excluding hydrogens is 252 g/mol. The second kappa shape index (κ2) is 5.68. The average molecular weight is 268 g/mol. The molecule has 1 unspecified atom stereocenters. The molecule has 2 rings (SSSR count). The number of nitriles is 1. The number of aliphatic hydroxyl groups is 1. The van der Waals surface area contributed by atoms with Crippen LogP contribution in [0.25, 0.3) is 0 Å². The first-order chi connectivity index (χ1) is 9.57. The number of nitrogens with one attached hydrogen (secondary N) is 1. The molecule has 2 N–H and O–H groups in total. The topological polar surface area (TPSA) is 81.8 Å². The number of aryl methyl sites for hydroxylation is 1. The minimum atomic E-state index is -0.707. The Morgan fingerprint density at radius 3 is 2.60 bits per heavy atom. The second-order valence-electron chi connectivity index (χ2n) is 4.81. The smallest absolute Gasteiger partial charge is 0.224 e. The van der Waals surface area contributed by atoms with Crippen LogP contribution < -0.4 is 5.32 Å². The van der Waals surface area contributed by atoms with Crippen molar-refractivity contribution >= 4 is 5.95 Å². The van der Waals surface area contributed by atoms with Gasteiger partial charge in [-0.25, -0.2) is 9.97 Å². The van der Waals surface area contributed by atoms with Gasteiger partial charge in [0.15, 0.2) is 0 Å². The fraction of sp³-hybridized carbons (Fsp3) is 0.267. The van der Waals surface area contributed by atoms with E-state index >= 15 is 0 Å². The van der Waals surface area contributed by atoms with Gasteiger partial charge in [0.2, 0.25) is 5.95 Å². The van der Waals surface area contributed by atoms with Crippen LogP contribution in [0.15, 0.2) is 36.4 Å². The lowest BCUT2D eigenvalue weighted by atomic mass is 9.93. The molecule has 5 heteroatoms. The molecule has 0 bridgehead atoms. The number of nitrogens with zero attached hydrogens (tertiary/aromatic N) is 3. The van der Waals surface area contributed by atoms with Crippen molar-refractivity contribution in [2.24, 2.45) is 0 Å². The number of hydrogen-bond donors (Lipinski definition) is 2. The quantitative estimate of drug-likeness (QED) is 0.886. The zero-order valence-electron chi connectivity index (χ0n) is 11.5. The van der Waals surface area contributed by atoms with Gasteiger partial charge in [-0.2, -0.15) is 5.26 Å². The fourth-order valence-corrected chi connectivity index (χ4v) is 1.94. The highest BCUT2D eigenvalue weighted by molar-refractivity contribution is 5.39. The zero-order valence-corrected chi connectivity index (χ0v) is 11.5. The molecule has 102 valence electrons. The Kier molecular flexibility index (Phi) is 3.97. The van der Waals surface area contributed by atoms with Crippen LogP contribution in [0.3, 0.4) is 0 Å². The molecule has 0 amide bonds. The zero-order chi connectivity index (χ0) is 14.6. The minimum absolute atomic E-state index is 0.115. The van der Waals surface area contributed by atoms with Crippen LogP contribution in [-0.2, 0) is 5.54 Å². The number of hydrogen-bond acceptors (Lipinski definition) is 5. The second-order valence-corrected chi connectivity index (χ2v) is 4.81. The molecule has 1 heterocycles. The Bertz CT molecular complexity index is 636. The van der Waals surface area contributed by atoms with E-state index in [1.807, 2.05) is 43.3 Å². The van der Waals surface area contributed by atoms with Crippen molar-refractivity contribution in [3.05, 3.63) is 53.3 Å². The lowest BCUT2D eigenvalue weighted by Crippen LogP contribution is -2.36. The Morgan fingerprint density at radius 1 is 1.30 bits per heavy atom. The minimum Gasteiger partial charge on any atom is -0.394 e. The molecule has 2 aromatic rings. The van der Waals surface area contributed by atoms with Crippen LogP contribution in [0.1, 0.15) is 23.9 Å². The van der Waals surface area contributed by atoms with Crippen LogP contribution in [0.2, 0.25) is 0 Å². The van der Waals surface area contributed by atoms with E-state index in [9.17, 15) is 5.11 Å². The molecule has 5 nitrogen and oxygen atoms in total. The van der Waals surface area contributed by atoms with E-state index in [1.165, 1.54) is 0 Å². The lowest BCUT2D eigenvalue weighted by molar-refractivity contribution is 0.223. The number of rotatable bonds is 4. The van der Waals surface area contributed by atoms with E-state index in [2.05, 4.69) is 15.3 Å². The highest BCUT2D eigenvalue weighted by atomic mass is 16.3. The van der Waals surface area contributed by atoms with Gasteiger partial charge in [0.05, 0.1) is 12.1 Å². The van der Waals surface area contributed by atoms with Crippen molar-refractivity contribution in [3.8, 4) is 6.07 Å². The molecule has 0 aliphatic carbocycles. The number of benzene rings is 1. The Morgan fingerprint density at radius 2 is 2.00 bits per heavy atom. The first kappa shape index (κ1) is 14.0. The van der Waals surface area contributed by atoms with Crippen molar-refractivity contribution in [1.82, 2.24) is 9.97 Å². The van der Waals surface area contributed by atoms with Gasteiger partial charge in [-0.05, 0) is 25.5 Å². The molecule has 0 aliphatic heterocycles. The van der Waals surface area contributed by atoms with Gasteiger partial charge in [0, 0.05) is 5.69 Å². The summed E-state index contributed by atoms with van der Waals surface area (Å²) < 4.78 is 0. The predicted octanol–water partition coefficient (Wildman–Crippen LogP) is 1.98. The predicted molar refractivity (Wildman–Crippen MR) is 76.0 cm³/mol. The Labute approximate surface area is 117 Å². The van der Waals surface area contributed by atoms with Gasteiger partial charge in [0.25, 0.3) is 0 Å². The summed E-state index contributed by atoms with van der Waals surface area (Å²) >= 11 is 0. The summed E-state index contributed by atoms with van der Waals surface area (Å²) in [6.45, 7) is 3.54. The third-order valence-corrected chi connectivity index (χ3v) is 3.08. The first-order valence-corrected chi connectivity index (χ1v) is 6.28. The number of aromatic nitrogens is 2. The largest absolute Gasteiger partial charge is 0.394 e. The summed E-state index contributed by atoms with van der Waals surface area (Å²) in [4.78, 5) is 8.37. The summed E-state index contributed by atoms with van der Waals surface area (Å²) in [5.74, 6) is 0.335. The molecule has 0 radical (unpaired) electrons. The molecule has 1 aromatic heterocycles. The van der Waals surface area contributed by atoms with E-state index in [-0.39, 0.29) is 6.61 Å². The molecule has 20 heavy (non-hydrogen) atoms. The number of anilines is 1. The van der Waals surface area contributed by atoms with E-state index in [1.54, 1.807) is 13.0 Å². The van der Waals surface area contributed by atoms with Crippen molar-refractivity contribution in [1.29, 1.82) is 5.26 Å². The molecular formula is C15H16N4O. The maximum Gasteiger partial charge on any atom is 0.224 e. The maximum atomic E-state index is 9.71. The third-order valence-electron chi connectivity index (χ3n) is 3.08. The number of aliphatic hydroxyl groups excluding tert-OH is 1. The third kappa shape index (κ3) is 2.92. The van der Waals surface area contributed by atoms with Crippen LogP contribution in [0.4, 0.5) is 5.95 Å². The van der Waals surface area contributed by atoms with Crippen molar-refractivity contribution in [2.75, 3.05) is 11.9 Å². The summed E-state index contributed by atoms with van der Waals surface area (Å²) in [5.41, 5.74) is 1.22. The van der Waals surface area contributed by atoms with Crippen LogP contribution in [0, 0.1) is 18.3 Å². The molecule has 0 spiro atoms. The molecule has 1 atom stereocenters. The Hall–Kier alpha value is -2.45. The Balaban J connectivity index is 2.36. The fourth-order valence-electron chi connectivity index (χ4n) is 1.94. The van der Waals surface area contributed by atoms with Gasteiger partial charge in [-0.1, -0.05) is 30.3 Å². The summed E-state index contributed by atoms with van der Waals surface area (Å²) in [5, 5.41) is 21.8. The van der Waals surface area contributed by atoms with Gasteiger partial charge in [-0.15, -0.1) is 0 Å². The molecule has 0 saturated carbocycles. The van der Waals surface area contributed by atoms with Gasteiger partial charge >= 0.3 is 0 Å². The van der Waals surface area contributed by atoms with Crippen LogP contribution in [0.5, 0.6) is 0 Å². The first-order valence-electron chi connectivity index (χ1n) is 6.28. The standard InChI is InChI=1S/C15H16N4O/c1-11-8-13(9-16)18-14(17-11)19-15(2,10-20)12-6-4-3-5-7-12/h3-8,20H,10H2,1-2H3,(H,17,18,19). The highest BCUT2D eigenvalue weighted by Crippen LogP contribution is 2.24. The maximum absolute atomic E-state index is 9.71. The molecule has 0 saturated heterocycles. The van der Waals surface area contributed by atoms with Crippen molar-refractivity contribution in [2.45, 2.75) is 19.4 Å². The normalized spacial score (nSPS) is 13.3. The van der Waals surface area contributed by atoms with Crippen molar-refractivity contribution < 1.29 is 5.11 Å². The average Bonchev–Trinajstić information content (AvgIpc) is 2.47. The summed E-state index contributed by atoms with van der Waals surface area (Å²) in [6, 6.07) is 13.2. The summed E-state index contributed by atoms with van der Waals surface area (Å²) in [7, 11) is 0. The molecule has 1 aromatic carbocycles. The van der Waals surface area contributed by atoms with E-state index < -0.39 is 5.54 Å². The SMILES string of the molecule is Cc1cc(C#N)nc(NC(C)(CO)c2ccccc2)n1. The van der Waals surface area contributed by atoms with E-state index in [0.717, 1.165) is 5.56 Å². The van der Waals surface area contributed by atoms with E-state index in [0.29, 0.717) is 17.3 Å².